The molecule has 0 saturated carbocycles. The Hall–Kier alpha value is -1.81. The lowest BCUT2D eigenvalue weighted by atomic mass is 9.89. The van der Waals surface area contributed by atoms with Crippen LogP contribution in [0.3, 0.4) is 0 Å². The summed E-state index contributed by atoms with van der Waals surface area (Å²) in [5.41, 5.74) is 4.42. The van der Waals surface area contributed by atoms with E-state index in [9.17, 15) is 4.79 Å². The molecule has 0 bridgehead atoms. The zero-order valence-corrected chi connectivity index (χ0v) is 17.3. The van der Waals surface area contributed by atoms with Crippen LogP contribution in [-0.2, 0) is 6.42 Å². The Kier molecular flexibility index (Phi) is 6.59. The Morgan fingerprint density at radius 2 is 1.96 bits per heavy atom. The van der Waals surface area contributed by atoms with Gasteiger partial charge in [0.1, 0.15) is 0 Å². The SMILES string of the molecule is C=C1CCN(c2ccc(CC3CCN(CCC(C)C)CC3)cc2C)C(=O)N1. The first-order chi connectivity index (χ1) is 12.9. The highest BCUT2D eigenvalue weighted by molar-refractivity contribution is 5.94. The van der Waals surface area contributed by atoms with Gasteiger partial charge in [-0.3, -0.25) is 4.90 Å². The van der Waals surface area contributed by atoms with Crippen LogP contribution in [0.1, 0.15) is 50.7 Å². The van der Waals surface area contributed by atoms with Crippen LogP contribution in [0.4, 0.5) is 10.5 Å². The van der Waals surface area contributed by atoms with E-state index in [-0.39, 0.29) is 6.03 Å². The van der Waals surface area contributed by atoms with Gasteiger partial charge in [0.25, 0.3) is 0 Å². The fourth-order valence-corrected chi connectivity index (χ4v) is 4.20. The number of aryl methyl sites for hydroxylation is 1. The van der Waals surface area contributed by atoms with E-state index in [2.05, 4.69) is 55.8 Å². The Morgan fingerprint density at radius 1 is 1.22 bits per heavy atom. The van der Waals surface area contributed by atoms with Crippen LogP contribution in [0.15, 0.2) is 30.5 Å². The molecule has 1 aromatic carbocycles. The average molecular weight is 370 g/mol. The summed E-state index contributed by atoms with van der Waals surface area (Å²) in [6.07, 6.45) is 5.87. The number of rotatable bonds is 6. The maximum Gasteiger partial charge on any atom is 0.326 e. The highest BCUT2D eigenvalue weighted by atomic mass is 16.2. The van der Waals surface area contributed by atoms with E-state index < -0.39 is 0 Å². The molecule has 148 valence electrons. The summed E-state index contributed by atoms with van der Waals surface area (Å²) >= 11 is 0. The third-order valence-corrected chi connectivity index (χ3v) is 5.97. The quantitative estimate of drug-likeness (QED) is 0.787. The van der Waals surface area contributed by atoms with Crippen LogP contribution < -0.4 is 10.2 Å². The van der Waals surface area contributed by atoms with Gasteiger partial charge in [-0.05, 0) is 81.3 Å². The van der Waals surface area contributed by atoms with E-state index >= 15 is 0 Å². The van der Waals surface area contributed by atoms with Gasteiger partial charge in [-0.25, -0.2) is 4.79 Å². The summed E-state index contributed by atoms with van der Waals surface area (Å²) in [4.78, 5) is 16.7. The number of carbonyl (C=O) groups excluding carboxylic acids is 1. The van der Waals surface area contributed by atoms with E-state index in [1.54, 1.807) is 0 Å². The monoisotopic (exact) mass is 369 g/mol. The number of amides is 2. The normalized spacial score (nSPS) is 19.6. The Labute approximate surface area is 164 Å². The second-order valence-electron chi connectivity index (χ2n) is 8.73. The summed E-state index contributed by atoms with van der Waals surface area (Å²) in [5.74, 6) is 1.58. The van der Waals surface area contributed by atoms with Gasteiger partial charge < -0.3 is 10.2 Å². The first-order valence-corrected chi connectivity index (χ1v) is 10.5. The second-order valence-corrected chi connectivity index (χ2v) is 8.73. The van der Waals surface area contributed by atoms with Gasteiger partial charge in [0, 0.05) is 24.4 Å². The molecule has 2 saturated heterocycles. The van der Waals surface area contributed by atoms with E-state index in [0.29, 0.717) is 6.54 Å². The maximum absolute atomic E-state index is 12.2. The van der Waals surface area contributed by atoms with Crippen molar-refractivity contribution in [1.82, 2.24) is 10.2 Å². The van der Waals surface area contributed by atoms with Gasteiger partial charge in [-0.2, -0.15) is 0 Å². The molecule has 4 heteroatoms. The van der Waals surface area contributed by atoms with E-state index in [1.165, 1.54) is 50.0 Å². The molecule has 3 rings (SSSR count). The molecule has 27 heavy (non-hydrogen) atoms. The highest BCUT2D eigenvalue weighted by Gasteiger charge is 2.23. The third kappa shape index (κ3) is 5.35. The van der Waals surface area contributed by atoms with Crippen molar-refractivity contribution in [3.05, 3.63) is 41.6 Å². The number of piperidine rings is 1. The molecule has 0 radical (unpaired) electrons. The third-order valence-electron chi connectivity index (χ3n) is 5.97. The number of carbonyl (C=O) groups is 1. The standard InChI is InChI=1S/C23H35N3O/c1-17(2)7-11-25-12-9-20(10-13-25)16-21-5-6-22(18(3)15-21)26-14-8-19(4)24-23(26)27/h5-6,15,17,20H,4,7-14,16H2,1-3H3,(H,24,27). The first kappa shape index (κ1) is 19.9. The molecule has 2 amide bonds. The lowest BCUT2D eigenvalue weighted by molar-refractivity contribution is 0.176. The molecule has 2 aliphatic rings. The molecular weight excluding hydrogens is 334 g/mol. The minimum absolute atomic E-state index is 0.0594. The highest BCUT2D eigenvalue weighted by Crippen LogP contribution is 2.27. The topological polar surface area (TPSA) is 35.6 Å². The van der Waals surface area contributed by atoms with Gasteiger partial charge >= 0.3 is 6.03 Å². The molecule has 0 atom stereocenters. The smallest absolute Gasteiger partial charge is 0.312 e. The molecule has 2 heterocycles. The molecule has 0 aromatic heterocycles. The number of urea groups is 1. The van der Waals surface area contributed by atoms with Crippen molar-refractivity contribution >= 4 is 11.7 Å². The van der Waals surface area contributed by atoms with Crippen molar-refractivity contribution in [2.24, 2.45) is 11.8 Å². The van der Waals surface area contributed by atoms with Crippen molar-refractivity contribution in [2.75, 3.05) is 31.1 Å². The van der Waals surface area contributed by atoms with Gasteiger partial charge in [0.05, 0.1) is 0 Å². The van der Waals surface area contributed by atoms with E-state index in [1.807, 2.05) is 4.90 Å². The molecule has 1 aromatic rings. The molecule has 4 nitrogen and oxygen atoms in total. The van der Waals surface area contributed by atoms with Gasteiger partial charge in [-0.1, -0.05) is 32.6 Å². The van der Waals surface area contributed by atoms with Gasteiger partial charge in [0.2, 0.25) is 0 Å². The van der Waals surface area contributed by atoms with Crippen LogP contribution in [-0.4, -0.2) is 37.1 Å². The summed E-state index contributed by atoms with van der Waals surface area (Å²) < 4.78 is 0. The van der Waals surface area contributed by atoms with Crippen molar-refractivity contribution in [2.45, 2.75) is 52.9 Å². The molecule has 0 spiro atoms. The van der Waals surface area contributed by atoms with Crippen molar-refractivity contribution in [3.8, 4) is 0 Å². The number of likely N-dealkylation sites (tertiary alicyclic amines) is 1. The van der Waals surface area contributed by atoms with Crippen LogP contribution in [0.25, 0.3) is 0 Å². The Balaban J connectivity index is 1.54. The number of benzene rings is 1. The zero-order valence-electron chi connectivity index (χ0n) is 17.3. The zero-order chi connectivity index (χ0) is 19.4. The Morgan fingerprint density at radius 3 is 2.59 bits per heavy atom. The maximum atomic E-state index is 12.2. The van der Waals surface area contributed by atoms with Crippen molar-refractivity contribution in [1.29, 1.82) is 0 Å². The Bertz CT molecular complexity index is 674. The summed E-state index contributed by atoms with van der Waals surface area (Å²) in [7, 11) is 0. The summed E-state index contributed by atoms with van der Waals surface area (Å²) in [6.45, 7) is 15.0. The van der Waals surface area contributed by atoms with Crippen molar-refractivity contribution < 1.29 is 4.79 Å². The summed E-state index contributed by atoms with van der Waals surface area (Å²) in [6, 6.07) is 6.55. The van der Waals surface area contributed by atoms with Crippen LogP contribution in [0.2, 0.25) is 0 Å². The molecule has 0 unspecified atom stereocenters. The second kappa shape index (κ2) is 8.92. The molecule has 2 fully saturated rings. The largest absolute Gasteiger partial charge is 0.326 e. The predicted octanol–water partition coefficient (Wildman–Crippen LogP) is 4.73. The minimum Gasteiger partial charge on any atom is -0.312 e. The minimum atomic E-state index is -0.0594. The van der Waals surface area contributed by atoms with Crippen LogP contribution in [0.5, 0.6) is 0 Å². The average Bonchev–Trinajstić information content (AvgIpc) is 2.62. The predicted molar refractivity (Wildman–Crippen MR) is 113 cm³/mol. The number of hydrogen-bond donors (Lipinski definition) is 1. The van der Waals surface area contributed by atoms with Gasteiger partial charge in [0.15, 0.2) is 0 Å². The van der Waals surface area contributed by atoms with Crippen LogP contribution in [0, 0.1) is 18.8 Å². The molecule has 0 aliphatic carbocycles. The number of nitrogens with zero attached hydrogens (tertiary/aromatic N) is 2. The fraction of sp³-hybridized carbons (Fsp3) is 0.609. The first-order valence-electron chi connectivity index (χ1n) is 10.5. The summed E-state index contributed by atoms with van der Waals surface area (Å²) in [5, 5.41) is 2.84. The number of anilines is 1. The molecule has 1 N–H and O–H groups in total. The molecule has 2 aliphatic heterocycles. The van der Waals surface area contributed by atoms with Gasteiger partial charge in [-0.15, -0.1) is 0 Å². The number of nitrogens with one attached hydrogen (secondary N) is 1. The van der Waals surface area contributed by atoms with E-state index in [0.717, 1.165) is 36.1 Å². The van der Waals surface area contributed by atoms with E-state index in [4.69, 9.17) is 0 Å². The lowest BCUT2D eigenvalue weighted by Crippen LogP contribution is -2.45. The molecular formula is C23H35N3O. The number of hydrogen-bond acceptors (Lipinski definition) is 2. The van der Waals surface area contributed by atoms with Crippen LogP contribution >= 0.6 is 0 Å². The van der Waals surface area contributed by atoms with Crippen molar-refractivity contribution in [3.63, 3.8) is 0 Å². The fourth-order valence-electron chi connectivity index (χ4n) is 4.20. The lowest BCUT2D eigenvalue weighted by Gasteiger charge is -2.33.